The molecule has 0 fully saturated rings. The van der Waals surface area contributed by atoms with E-state index in [0.29, 0.717) is 0 Å². The number of nitro groups is 1. The molecule has 1 heterocycles. The lowest BCUT2D eigenvalue weighted by atomic mass is 10.2. The number of ether oxygens (including phenoxy) is 1. The second-order valence-electron chi connectivity index (χ2n) is 3.72. The summed E-state index contributed by atoms with van der Waals surface area (Å²) in [6, 6.07) is 7.26. The molecule has 0 unspecified atom stereocenters. The van der Waals surface area contributed by atoms with Crippen LogP contribution >= 0.6 is 11.6 Å². The number of halogens is 1. The molecule has 0 amide bonds. The highest BCUT2D eigenvalue weighted by Gasteiger charge is 2.21. The molecule has 1 aromatic carbocycles. The van der Waals surface area contributed by atoms with Gasteiger partial charge in [0, 0.05) is 12.3 Å². The maximum absolute atomic E-state index is 11.0. The number of amidine groups is 1. The van der Waals surface area contributed by atoms with Crippen LogP contribution in [0.4, 0.5) is 5.69 Å². The third-order valence-electron chi connectivity index (χ3n) is 2.40. The van der Waals surface area contributed by atoms with Gasteiger partial charge >= 0.3 is 5.69 Å². The lowest BCUT2D eigenvalue weighted by molar-refractivity contribution is -0.385. The zero-order valence-electron chi connectivity index (χ0n) is 10.0. The van der Waals surface area contributed by atoms with Gasteiger partial charge in [-0.05, 0) is 18.2 Å². The highest BCUT2D eigenvalue weighted by atomic mass is 35.5. The third kappa shape index (κ3) is 2.67. The van der Waals surface area contributed by atoms with Crippen LogP contribution in [-0.4, -0.2) is 15.7 Å². The fourth-order valence-electron chi connectivity index (χ4n) is 1.52. The number of nitrogens with zero attached hydrogens (tertiary/aromatic N) is 2. The standard InChI is InChI=1S/C12H9ClN4O3/c13-8-4-1-5-9(17(18)19)10(8)20-12-7(11(14)15)3-2-6-16-12/h1-6H,(H3,14,15). The van der Waals surface area contributed by atoms with Gasteiger partial charge in [0.2, 0.25) is 11.6 Å². The van der Waals surface area contributed by atoms with E-state index in [-0.39, 0.29) is 33.7 Å². The minimum absolute atomic E-state index is 0.0174. The molecule has 1 aromatic heterocycles. The molecule has 0 saturated heterocycles. The van der Waals surface area contributed by atoms with Crippen molar-refractivity contribution in [3.63, 3.8) is 0 Å². The van der Waals surface area contributed by atoms with Crippen molar-refractivity contribution < 1.29 is 9.66 Å². The summed E-state index contributed by atoms with van der Waals surface area (Å²) in [5, 5.41) is 18.5. The lowest BCUT2D eigenvalue weighted by Crippen LogP contribution is -2.13. The number of rotatable bonds is 4. The highest BCUT2D eigenvalue weighted by molar-refractivity contribution is 6.32. The topological polar surface area (TPSA) is 115 Å². The zero-order valence-corrected chi connectivity index (χ0v) is 10.8. The van der Waals surface area contributed by atoms with Crippen molar-refractivity contribution >= 4 is 23.1 Å². The first-order valence-corrected chi connectivity index (χ1v) is 5.78. The fourth-order valence-corrected chi connectivity index (χ4v) is 1.72. The number of aromatic nitrogens is 1. The van der Waals surface area contributed by atoms with E-state index in [9.17, 15) is 10.1 Å². The van der Waals surface area contributed by atoms with E-state index in [1.807, 2.05) is 0 Å². The minimum Gasteiger partial charge on any atom is -0.429 e. The molecular weight excluding hydrogens is 284 g/mol. The van der Waals surface area contributed by atoms with Crippen molar-refractivity contribution in [2.75, 3.05) is 0 Å². The van der Waals surface area contributed by atoms with Crippen LogP contribution in [0.5, 0.6) is 11.6 Å². The first kappa shape index (κ1) is 13.8. The number of nitrogens with two attached hydrogens (primary N) is 1. The van der Waals surface area contributed by atoms with Crippen molar-refractivity contribution in [3.8, 4) is 11.6 Å². The summed E-state index contributed by atoms with van der Waals surface area (Å²) in [7, 11) is 0. The summed E-state index contributed by atoms with van der Waals surface area (Å²) in [6.07, 6.45) is 1.42. The normalized spacial score (nSPS) is 10.1. The summed E-state index contributed by atoms with van der Waals surface area (Å²) >= 11 is 5.91. The quantitative estimate of drug-likeness (QED) is 0.389. The van der Waals surface area contributed by atoms with Gasteiger partial charge in [0.05, 0.1) is 15.5 Å². The van der Waals surface area contributed by atoms with Gasteiger partial charge in [-0.2, -0.15) is 0 Å². The van der Waals surface area contributed by atoms with Crippen LogP contribution in [0.1, 0.15) is 5.56 Å². The smallest absolute Gasteiger partial charge is 0.313 e. The molecule has 3 N–H and O–H groups in total. The summed E-state index contributed by atoms with van der Waals surface area (Å²) in [4.78, 5) is 14.3. The van der Waals surface area contributed by atoms with Crippen molar-refractivity contribution in [1.29, 1.82) is 5.41 Å². The van der Waals surface area contributed by atoms with E-state index in [1.54, 1.807) is 6.07 Å². The summed E-state index contributed by atoms with van der Waals surface area (Å²) in [5.41, 5.74) is 5.33. The first-order valence-electron chi connectivity index (χ1n) is 5.41. The maximum atomic E-state index is 11.0. The van der Waals surface area contributed by atoms with Gasteiger partial charge in [0.15, 0.2) is 0 Å². The van der Waals surface area contributed by atoms with Crippen LogP contribution < -0.4 is 10.5 Å². The van der Waals surface area contributed by atoms with Crippen molar-refractivity contribution in [2.45, 2.75) is 0 Å². The van der Waals surface area contributed by atoms with Crippen molar-refractivity contribution in [2.24, 2.45) is 5.73 Å². The van der Waals surface area contributed by atoms with Crippen molar-refractivity contribution in [1.82, 2.24) is 4.98 Å². The molecule has 8 heteroatoms. The number of nitrogens with one attached hydrogen (secondary N) is 1. The Morgan fingerprint density at radius 2 is 2.15 bits per heavy atom. The minimum atomic E-state index is -0.613. The summed E-state index contributed by atoms with van der Waals surface area (Å²) < 4.78 is 5.39. The van der Waals surface area contributed by atoms with E-state index >= 15 is 0 Å². The van der Waals surface area contributed by atoms with E-state index in [4.69, 9.17) is 27.5 Å². The van der Waals surface area contributed by atoms with Gasteiger partial charge in [0.1, 0.15) is 5.84 Å². The molecule has 0 atom stereocenters. The second kappa shape index (κ2) is 5.54. The first-order chi connectivity index (χ1) is 9.50. The predicted octanol–water partition coefficient (Wildman–Crippen LogP) is 2.72. The maximum Gasteiger partial charge on any atom is 0.313 e. The van der Waals surface area contributed by atoms with Crippen molar-refractivity contribution in [3.05, 3.63) is 57.2 Å². The SMILES string of the molecule is N=C(N)c1cccnc1Oc1c(Cl)cccc1[N+](=O)[O-]. The lowest BCUT2D eigenvalue weighted by Gasteiger charge is -2.10. The van der Waals surface area contributed by atoms with E-state index in [0.717, 1.165) is 0 Å². The number of benzene rings is 1. The number of hydrogen-bond acceptors (Lipinski definition) is 5. The van der Waals surface area contributed by atoms with Gasteiger partial charge in [0.25, 0.3) is 0 Å². The average Bonchev–Trinajstić information content (AvgIpc) is 2.41. The van der Waals surface area contributed by atoms with Gasteiger partial charge in [-0.15, -0.1) is 0 Å². The molecule has 20 heavy (non-hydrogen) atoms. The van der Waals surface area contributed by atoms with Gasteiger partial charge in [-0.25, -0.2) is 4.98 Å². The Kier molecular flexibility index (Phi) is 3.81. The largest absolute Gasteiger partial charge is 0.429 e. The van der Waals surface area contributed by atoms with Gasteiger partial charge in [-0.3, -0.25) is 15.5 Å². The van der Waals surface area contributed by atoms with Crippen LogP contribution in [0, 0.1) is 15.5 Å². The van der Waals surface area contributed by atoms with Crippen LogP contribution in [0.2, 0.25) is 5.02 Å². The fraction of sp³-hybridized carbons (Fsp3) is 0. The zero-order chi connectivity index (χ0) is 14.7. The Balaban J connectivity index is 2.51. The predicted molar refractivity (Wildman–Crippen MR) is 73.4 cm³/mol. The Labute approximate surface area is 118 Å². The molecule has 102 valence electrons. The molecule has 0 spiro atoms. The Bertz CT molecular complexity index is 690. The van der Waals surface area contributed by atoms with E-state index in [2.05, 4.69) is 4.98 Å². The second-order valence-corrected chi connectivity index (χ2v) is 4.12. The summed E-state index contributed by atoms with van der Waals surface area (Å²) in [5.74, 6) is -0.417. The van der Waals surface area contributed by atoms with Crippen LogP contribution in [-0.2, 0) is 0 Å². The Hall–Kier alpha value is -2.67. The summed E-state index contributed by atoms with van der Waals surface area (Å²) in [6.45, 7) is 0. The molecule has 7 nitrogen and oxygen atoms in total. The van der Waals surface area contributed by atoms with Crippen LogP contribution in [0.25, 0.3) is 0 Å². The molecule has 0 saturated carbocycles. The molecule has 0 bridgehead atoms. The van der Waals surface area contributed by atoms with Crippen LogP contribution in [0.3, 0.4) is 0 Å². The van der Waals surface area contributed by atoms with E-state index in [1.165, 1.54) is 30.5 Å². The molecule has 0 aliphatic carbocycles. The molecule has 0 aliphatic heterocycles. The van der Waals surface area contributed by atoms with E-state index < -0.39 is 4.92 Å². The molecule has 2 aromatic rings. The molecule has 0 radical (unpaired) electrons. The average molecular weight is 293 g/mol. The third-order valence-corrected chi connectivity index (χ3v) is 2.70. The number of nitro benzene ring substituents is 1. The number of pyridine rings is 1. The number of nitrogen functional groups attached to an aromatic ring is 1. The molecule has 0 aliphatic rings. The number of hydrogen-bond donors (Lipinski definition) is 2. The highest BCUT2D eigenvalue weighted by Crippen LogP contribution is 2.37. The Morgan fingerprint density at radius 3 is 2.80 bits per heavy atom. The number of para-hydroxylation sites is 1. The van der Waals surface area contributed by atoms with Gasteiger partial charge in [-0.1, -0.05) is 17.7 Å². The van der Waals surface area contributed by atoms with Gasteiger partial charge < -0.3 is 10.5 Å². The van der Waals surface area contributed by atoms with Crippen LogP contribution in [0.15, 0.2) is 36.5 Å². The molecular formula is C12H9ClN4O3. The Morgan fingerprint density at radius 1 is 1.40 bits per heavy atom. The monoisotopic (exact) mass is 292 g/mol. The molecule has 2 rings (SSSR count).